The van der Waals surface area contributed by atoms with Crippen molar-refractivity contribution in [3.8, 4) is 5.75 Å². The second-order valence-electron chi connectivity index (χ2n) is 3.81. The molecule has 0 bridgehead atoms. The molecule has 0 saturated carbocycles. The van der Waals surface area contributed by atoms with Gasteiger partial charge in [-0.2, -0.15) is 0 Å². The Hall–Kier alpha value is -2.16. The Labute approximate surface area is 99.0 Å². The second kappa shape index (κ2) is 4.37. The first-order chi connectivity index (χ1) is 8.09. The summed E-state index contributed by atoms with van der Waals surface area (Å²) in [7, 11) is 0. The summed E-state index contributed by atoms with van der Waals surface area (Å²) in [6.45, 7) is 2.88. The third-order valence-corrected chi connectivity index (χ3v) is 2.52. The van der Waals surface area contributed by atoms with Crippen molar-refractivity contribution in [2.45, 2.75) is 13.8 Å². The first-order valence-corrected chi connectivity index (χ1v) is 5.30. The van der Waals surface area contributed by atoms with Crippen molar-refractivity contribution in [1.82, 2.24) is 0 Å². The normalized spacial score (nSPS) is 10.2. The maximum absolute atomic E-state index is 11.5. The zero-order valence-electron chi connectivity index (χ0n) is 9.69. The fraction of sp³-hybridized carbons (Fsp3) is 0.143. The molecule has 0 unspecified atom stereocenters. The summed E-state index contributed by atoms with van der Waals surface area (Å²) < 4.78 is 5.11. The summed E-state index contributed by atoms with van der Waals surface area (Å²) in [6, 6.07) is 10.7. The largest absolute Gasteiger partial charge is 0.426 e. The summed E-state index contributed by atoms with van der Waals surface area (Å²) in [5.41, 5.74) is 0.636. The van der Waals surface area contributed by atoms with Crippen LogP contribution in [0, 0.1) is 0 Å². The van der Waals surface area contributed by atoms with Crippen LogP contribution < -0.4 is 4.74 Å². The molecule has 0 fully saturated rings. The predicted molar refractivity (Wildman–Crippen MR) is 65.3 cm³/mol. The van der Waals surface area contributed by atoms with Crippen molar-refractivity contribution in [2.75, 3.05) is 0 Å². The number of rotatable bonds is 2. The highest BCUT2D eigenvalue weighted by Crippen LogP contribution is 2.28. The van der Waals surface area contributed by atoms with Gasteiger partial charge in [-0.3, -0.25) is 9.59 Å². The highest BCUT2D eigenvalue weighted by molar-refractivity contribution is 6.08. The number of fused-ring (bicyclic) bond motifs is 1. The van der Waals surface area contributed by atoms with Gasteiger partial charge in [0.15, 0.2) is 5.78 Å². The molecule has 2 rings (SSSR count). The minimum absolute atomic E-state index is 0.00410. The van der Waals surface area contributed by atoms with Crippen LogP contribution in [0.25, 0.3) is 10.8 Å². The molecule has 0 aliphatic carbocycles. The second-order valence-corrected chi connectivity index (χ2v) is 3.81. The van der Waals surface area contributed by atoms with Crippen LogP contribution in [-0.4, -0.2) is 11.8 Å². The number of hydrogen-bond acceptors (Lipinski definition) is 3. The number of ketones is 1. The van der Waals surface area contributed by atoms with Gasteiger partial charge in [-0.25, -0.2) is 0 Å². The van der Waals surface area contributed by atoms with Gasteiger partial charge in [0.2, 0.25) is 0 Å². The van der Waals surface area contributed by atoms with Crippen LogP contribution in [0.2, 0.25) is 0 Å². The van der Waals surface area contributed by atoms with Crippen LogP contribution in [0.3, 0.4) is 0 Å². The Kier molecular flexibility index (Phi) is 2.91. The van der Waals surface area contributed by atoms with E-state index in [2.05, 4.69) is 0 Å². The lowest BCUT2D eigenvalue weighted by molar-refractivity contribution is -0.131. The van der Waals surface area contributed by atoms with E-state index in [1.165, 1.54) is 13.8 Å². The lowest BCUT2D eigenvalue weighted by atomic mass is 10.0. The smallest absolute Gasteiger partial charge is 0.308 e. The van der Waals surface area contributed by atoms with Crippen LogP contribution in [0.5, 0.6) is 5.75 Å². The molecule has 0 aliphatic rings. The van der Waals surface area contributed by atoms with Gasteiger partial charge >= 0.3 is 5.97 Å². The molecule has 0 spiro atoms. The summed E-state index contributed by atoms with van der Waals surface area (Å²) in [6.07, 6.45) is 0. The summed E-state index contributed by atoms with van der Waals surface area (Å²) in [4.78, 5) is 22.5. The van der Waals surface area contributed by atoms with Gasteiger partial charge in [-0.15, -0.1) is 0 Å². The molecule has 0 radical (unpaired) electrons. The highest BCUT2D eigenvalue weighted by Gasteiger charge is 2.10. The zero-order valence-corrected chi connectivity index (χ0v) is 9.69. The summed E-state index contributed by atoms with van der Waals surface area (Å²) >= 11 is 0. The van der Waals surface area contributed by atoms with Crippen LogP contribution >= 0.6 is 0 Å². The number of carbonyl (C=O) groups excluding carboxylic acids is 2. The van der Waals surface area contributed by atoms with Gasteiger partial charge in [0.1, 0.15) is 5.75 Å². The molecule has 3 heteroatoms. The van der Waals surface area contributed by atoms with Crippen LogP contribution in [0.15, 0.2) is 36.4 Å². The topological polar surface area (TPSA) is 43.4 Å². The molecule has 0 aromatic heterocycles. The van der Waals surface area contributed by atoms with E-state index in [0.717, 1.165) is 10.8 Å². The minimum atomic E-state index is -0.370. The Balaban J connectivity index is 2.70. The highest BCUT2D eigenvalue weighted by atomic mass is 16.5. The van der Waals surface area contributed by atoms with Crippen LogP contribution in [0.1, 0.15) is 24.2 Å². The zero-order chi connectivity index (χ0) is 12.4. The Bertz CT molecular complexity index is 599. The average molecular weight is 228 g/mol. The summed E-state index contributed by atoms with van der Waals surface area (Å²) in [5, 5.41) is 1.58. The SMILES string of the molecule is CC(=O)Oc1ccc(C(C)=O)c2ccccc12. The van der Waals surface area contributed by atoms with Crippen LogP contribution in [0.4, 0.5) is 0 Å². The molecule has 0 heterocycles. The molecule has 3 nitrogen and oxygen atoms in total. The predicted octanol–water partition coefficient (Wildman–Crippen LogP) is 2.97. The molecule has 0 saturated heterocycles. The molecule has 86 valence electrons. The quantitative estimate of drug-likeness (QED) is 0.451. The molecule has 0 amide bonds. The van der Waals surface area contributed by atoms with Gasteiger partial charge in [0, 0.05) is 17.9 Å². The van der Waals surface area contributed by atoms with E-state index in [9.17, 15) is 9.59 Å². The maximum atomic E-state index is 11.5. The Morgan fingerprint density at radius 1 is 0.941 bits per heavy atom. The molecular weight excluding hydrogens is 216 g/mol. The molecule has 17 heavy (non-hydrogen) atoms. The van der Waals surface area contributed by atoms with Gasteiger partial charge in [0.05, 0.1) is 0 Å². The van der Waals surface area contributed by atoms with Crippen molar-refractivity contribution in [3.63, 3.8) is 0 Å². The first-order valence-electron chi connectivity index (χ1n) is 5.30. The number of Topliss-reactive ketones (excluding diaryl/α,β-unsaturated/α-hetero) is 1. The molecule has 0 atom stereocenters. The number of carbonyl (C=O) groups is 2. The molecular formula is C14H12O3. The third-order valence-electron chi connectivity index (χ3n) is 2.52. The molecule has 0 N–H and O–H groups in total. The number of hydrogen-bond donors (Lipinski definition) is 0. The Morgan fingerprint density at radius 3 is 2.18 bits per heavy atom. The van der Waals surface area contributed by atoms with Gasteiger partial charge < -0.3 is 4.74 Å². The van der Waals surface area contributed by atoms with E-state index in [0.29, 0.717) is 11.3 Å². The van der Waals surface area contributed by atoms with Crippen molar-refractivity contribution in [2.24, 2.45) is 0 Å². The van der Waals surface area contributed by atoms with Crippen LogP contribution in [-0.2, 0) is 4.79 Å². The lowest BCUT2D eigenvalue weighted by Crippen LogP contribution is -2.03. The monoisotopic (exact) mass is 228 g/mol. The number of esters is 1. The van der Waals surface area contributed by atoms with E-state index in [-0.39, 0.29) is 11.8 Å². The minimum Gasteiger partial charge on any atom is -0.426 e. The number of benzene rings is 2. The molecule has 2 aromatic rings. The average Bonchev–Trinajstić information content (AvgIpc) is 2.28. The van der Waals surface area contributed by atoms with E-state index in [1.54, 1.807) is 12.1 Å². The molecule has 0 aliphatic heterocycles. The lowest BCUT2D eigenvalue weighted by Gasteiger charge is -2.08. The van der Waals surface area contributed by atoms with Gasteiger partial charge in [-0.05, 0) is 24.4 Å². The summed E-state index contributed by atoms with van der Waals surface area (Å²) in [5.74, 6) is 0.111. The van der Waals surface area contributed by atoms with E-state index in [4.69, 9.17) is 4.74 Å². The number of ether oxygens (including phenoxy) is 1. The Morgan fingerprint density at radius 2 is 1.59 bits per heavy atom. The van der Waals surface area contributed by atoms with E-state index in [1.807, 2.05) is 24.3 Å². The van der Waals surface area contributed by atoms with Crippen molar-refractivity contribution >= 4 is 22.5 Å². The van der Waals surface area contributed by atoms with E-state index >= 15 is 0 Å². The van der Waals surface area contributed by atoms with E-state index < -0.39 is 0 Å². The fourth-order valence-corrected chi connectivity index (χ4v) is 1.82. The molecule has 2 aromatic carbocycles. The van der Waals surface area contributed by atoms with Crippen molar-refractivity contribution in [1.29, 1.82) is 0 Å². The fourth-order valence-electron chi connectivity index (χ4n) is 1.82. The first kappa shape index (κ1) is 11.3. The third kappa shape index (κ3) is 2.18. The van der Waals surface area contributed by atoms with Gasteiger partial charge in [-0.1, -0.05) is 24.3 Å². The van der Waals surface area contributed by atoms with Crippen molar-refractivity contribution in [3.05, 3.63) is 42.0 Å². The maximum Gasteiger partial charge on any atom is 0.308 e. The van der Waals surface area contributed by atoms with Gasteiger partial charge in [0.25, 0.3) is 0 Å². The van der Waals surface area contributed by atoms with Crippen molar-refractivity contribution < 1.29 is 14.3 Å². The standard InChI is InChI=1S/C14H12O3/c1-9(15)11-7-8-14(17-10(2)16)13-6-4-3-5-12(11)13/h3-8H,1-2H3.